The fourth-order valence-electron chi connectivity index (χ4n) is 0. The first-order valence-corrected chi connectivity index (χ1v) is 4.24. The Balaban J connectivity index is 0. The van der Waals surface area contributed by atoms with Crippen LogP contribution in [0.5, 0.6) is 0 Å². The second kappa shape index (κ2) is 8.90. The van der Waals surface area contributed by atoms with Crippen molar-refractivity contribution in [1.29, 1.82) is 0 Å². The summed E-state index contributed by atoms with van der Waals surface area (Å²) < 4.78 is 0. The van der Waals surface area contributed by atoms with Crippen molar-refractivity contribution < 1.29 is 20.6 Å². The van der Waals surface area contributed by atoms with E-state index in [1.165, 1.54) is 0 Å². The summed E-state index contributed by atoms with van der Waals surface area (Å²) in [5, 5.41) is 0. The van der Waals surface area contributed by atoms with Gasteiger partial charge in [-0.15, -0.1) is 0 Å². The van der Waals surface area contributed by atoms with E-state index >= 15 is 0 Å². The molecular formula is HCl2FPd. The SMILES string of the molecule is F.[Cl][Pd][Cl]. The molecule has 0 spiro atoms. The van der Waals surface area contributed by atoms with E-state index in [0.29, 0.717) is 0 Å². The molecule has 0 saturated carbocycles. The van der Waals surface area contributed by atoms with Crippen LogP contribution in [0.15, 0.2) is 0 Å². The Kier molecular flexibility index (Phi) is 19.9. The summed E-state index contributed by atoms with van der Waals surface area (Å²) in [6, 6.07) is 0. The zero-order valence-corrected chi connectivity index (χ0v) is 4.55. The molecule has 0 unspecified atom stereocenters. The first-order valence-electron chi connectivity index (χ1n) is 0.239. The average molecular weight is 197 g/mol. The Morgan fingerprint density at radius 1 is 1.25 bits per heavy atom. The second-order valence-corrected chi connectivity index (χ2v) is 2.41. The molecule has 4 heteroatoms. The Labute approximate surface area is 39.9 Å². The van der Waals surface area contributed by atoms with E-state index in [0.717, 1.165) is 0 Å². The van der Waals surface area contributed by atoms with Crippen molar-refractivity contribution in [2.24, 2.45) is 0 Å². The number of hydrogen-bond donors (Lipinski definition) is 0. The monoisotopic (exact) mass is 196 g/mol. The number of hydrogen-bond acceptors (Lipinski definition) is 0. The fraction of sp³-hybridized carbons (Fsp3) is 0. The summed E-state index contributed by atoms with van der Waals surface area (Å²) >= 11 is -0.106. The van der Waals surface area contributed by atoms with E-state index < -0.39 is 0 Å². The molecule has 0 radical (unpaired) electrons. The molecular weight excluding hydrogens is 196 g/mol. The Morgan fingerprint density at radius 2 is 1.25 bits per heavy atom. The van der Waals surface area contributed by atoms with Crippen molar-refractivity contribution in [3.05, 3.63) is 0 Å². The van der Waals surface area contributed by atoms with Gasteiger partial charge in [0.2, 0.25) is 0 Å². The summed E-state index contributed by atoms with van der Waals surface area (Å²) in [5.74, 6) is 0. The molecule has 0 amide bonds. The molecule has 0 aliphatic rings. The quantitative estimate of drug-likeness (QED) is 0.517. The summed E-state index contributed by atoms with van der Waals surface area (Å²) in [6.07, 6.45) is 0. The van der Waals surface area contributed by atoms with Gasteiger partial charge in [0.05, 0.1) is 0 Å². The van der Waals surface area contributed by atoms with Crippen LogP contribution in [-0.2, 0) is 15.9 Å². The van der Waals surface area contributed by atoms with E-state index in [9.17, 15) is 0 Å². The molecule has 0 aromatic carbocycles. The van der Waals surface area contributed by atoms with Crippen LogP contribution < -0.4 is 0 Å². The summed E-state index contributed by atoms with van der Waals surface area (Å²) in [4.78, 5) is 0. The maximum atomic E-state index is 4.81. The number of rotatable bonds is 0. The van der Waals surface area contributed by atoms with Crippen LogP contribution in [0.4, 0.5) is 4.70 Å². The Hall–Kier alpha value is 1.17. The van der Waals surface area contributed by atoms with Gasteiger partial charge in [0.1, 0.15) is 0 Å². The fourth-order valence-corrected chi connectivity index (χ4v) is 0. The molecule has 0 atom stereocenters. The van der Waals surface area contributed by atoms with Crippen LogP contribution in [0.3, 0.4) is 0 Å². The third-order valence-corrected chi connectivity index (χ3v) is 0. The first-order chi connectivity index (χ1) is 1.41. The molecule has 4 heavy (non-hydrogen) atoms. The van der Waals surface area contributed by atoms with Crippen molar-refractivity contribution in [3.63, 3.8) is 0 Å². The van der Waals surface area contributed by atoms with Crippen LogP contribution >= 0.6 is 19.1 Å². The van der Waals surface area contributed by atoms with Crippen molar-refractivity contribution in [2.75, 3.05) is 0 Å². The van der Waals surface area contributed by atoms with Gasteiger partial charge in [-0.25, -0.2) is 0 Å². The predicted octanol–water partition coefficient (Wildman–Crippen LogP) is 1.53. The van der Waals surface area contributed by atoms with E-state index in [1.54, 1.807) is 0 Å². The standard InChI is InChI=1S/2ClH.FH.Pd/h3*1H;/q;;;+2/p-2. The van der Waals surface area contributed by atoms with Crippen LogP contribution in [0.1, 0.15) is 0 Å². The summed E-state index contributed by atoms with van der Waals surface area (Å²) in [5.41, 5.74) is 0. The Morgan fingerprint density at radius 3 is 1.25 bits per heavy atom. The van der Waals surface area contributed by atoms with Crippen molar-refractivity contribution in [2.45, 2.75) is 0 Å². The molecule has 0 nitrogen and oxygen atoms in total. The molecule has 0 rings (SSSR count). The van der Waals surface area contributed by atoms with Gasteiger partial charge in [-0.2, -0.15) is 0 Å². The Bertz CT molecular complexity index is 6.00. The molecule has 0 aromatic heterocycles. The molecule has 0 N–H and O–H groups in total. The van der Waals surface area contributed by atoms with Crippen LogP contribution in [0, 0.1) is 0 Å². The van der Waals surface area contributed by atoms with Crippen molar-refractivity contribution in [1.82, 2.24) is 0 Å². The topological polar surface area (TPSA) is 0 Å². The normalized spacial score (nSPS) is 5.50. The average Bonchev–Trinajstić information content (AvgIpc) is 0.918. The summed E-state index contributed by atoms with van der Waals surface area (Å²) in [7, 11) is 9.63. The molecule has 0 saturated heterocycles. The number of halogens is 3. The second-order valence-electron chi connectivity index (χ2n) is 0.0452. The summed E-state index contributed by atoms with van der Waals surface area (Å²) in [6.45, 7) is 0. The zero-order chi connectivity index (χ0) is 2.71. The third kappa shape index (κ3) is 10.9. The van der Waals surface area contributed by atoms with Crippen molar-refractivity contribution >= 4 is 19.1 Å². The van der Waals surface area contributed by atoms with E-state index in [2.05, 4.69) is 0 Å². The van der Waals surface area contributed by atoms with E-state index in [1.807, 2.05) is 0 Å². The van der Waals surface area contributed by atoms with Crippen LogP contribution in [0.2, 0.25) is 0 Å². The van der Waals surface area contributed by atoms with Gasteiger partial charge < -0.3 is 0 Å². The van der Waals surface area contributed by atoms with Crippen LogP contribution in [-0.4, -0.2) is 0 Å². The van der Waals surface area contributed by atoms with Gasteiger partial charge in [-0.3, -0.25) is 4.70 Å². The minimum atomic E-state index is -0.106. The molecule has 0 aliphatic carbocycles. The molecule has 0 heterocycles. The predicted molar refractivity (Wildman–Crippen MR) is 14.2 cm³/mol. The van der Waals surface area contributed by atoms with Crippen molar-refractivity contribution in [3.8, 4) is 0 Å². The van der Waals surface area contributed by atoms with Gasteiger partial charge in [-0.1, -0.05) is 0 Å². The molecule has 32 valence electrons. The minimum absolute atomic E-state index is 0. The van der Waals surface area contributed by atoms with E-state index in [-0.39, 0.29) is 20.6 Å². The van der Waals surface area contributed by atoms with Gasteiger partial charge >= 0.3 is 35.0 Å². The van der Waals surface area contributed by atoms with E-state index in [4.69, 9.17) is 19.1 Å². The molecule has 0 bridgehead atoms. The van der Waals surface area contributed by atoms with Gasteiger partial charge in [-0.05, 0) is 0 Å². The molecule has 0 fully saturated rings. The van der Waals surface area contributed by atoms with Gasteiger partial charge in [0.15, 0.2) is 0 Å². The van der Waals surface area contributed by atoms with Crippen LogP contribution in [0.25, 0.3) is 0 Å². The maximum absolute atomic E-state index is 4.81. The van der Waals surface area contributed by atoms with Gasteiger partial charge in [0.25, 0.3) is 0 Å². The van der Waals surface area contributed by atoms with Gasteiger partial charge in [0, 0.05) is 0 Å². The third-order valence-electron chi connectivity index (χ3n) is 0. The zero-order valence-electron chi connectivity index (χ0n) is 1.48. The molecule has 0 aromatic rings. The first kappa shape index (κ1) is 8.95. The molecule has 0 aliphatic heterocycles.